The van der Waals surface area contributed by atoms with Gasteiger partial charge in [0.25, 0.3) is 5.91 Å². The van der Waals surface area contributed by atoms with E-state index in [0.29, 0.717) is 5.56 Å². The van der Waals surface area contributed by atoms with Crippen molar-refractivity contribution in [2.24, 2.45) is 0 Å². The van der Waals surface area contributed by atoms with Crippen LogP contribution in [0.15, 0.2) is 79.1 Å². The first-order chi connectivity index (χ1) is 18.3. The normalized spacial score (nSPS) is 22.1. The van der Waals surface area contributed by atoms with Gasteiger partial charge in [0.1, 0.15) is 17.9 Å². The number of anilines is 1. The molecule has 0 radical (unpaired) electrons. The number of hydrogen-bond acceptors (Lipinski definition) is 8. The van der Waals surface area contributed by atoms with Crippen LogP contribution in [0.2, 0.25) is 0 Å². The van der Waals surface area contributed by atoms with E-state index in [1.54, 1.807) is 42.5 Å². The number of carbonyl (C=O) groups excluding carboxylic acids is 2. The summed E-state index contributed by atoms with van der Waals surface area (Å²) in [5.74, 6) is -5.50. The number of amides is 1. The number of aliphatic hydroxyl groups is 1. The van der Waals surface area contributed by atoms with Crippen LogP contribution in [-0.4, -0.2) is 56.3 Å². The van der Waals surface area contributed by atoms with Crippen LogP contribution in [0.4, 0.5) is 14.6 Å². The monoisotopic (exact) mass is 519 g/mol. The van der Waals surface area contributed by atoms with E-state index >= 15 is 8.78 Å². The van der Waals surface area contributed by atoms with Gasteiger partial charge in [-0.15, -0.1) is 0 Å². The summed E-state index contributed by atoms with van der Waals surface area (Å²) in [6.07, 6.45) is -3.54. The number of esters is 1. The number of nitrogens with one attached hydrogen (secondary N) is 1. The fraction of sp³-hybridized carbons (Fsp3) is 0.192. The zero-order valence-corrected chi connectivity index (χ0v) is 19.5. The Morgan fingerprint density at radius 1 is 1.08 bits per heavy atom. The molecule has 1 fully saturated rings. The van der Waals surface area contributed by atoms with E-state index in [0.717, 1.165) is 10.8 Å². The molecule has 1 aliphatic rings. The molecule has 12 heteroatoms. The van der Waals surface area contributed by atoms with E-state index in [-0.39, 0.29) is 22.6 Å². The maximum absolute atomic E-state index is 15.5. The van der Waals surface area contributed by atoms with Gasteiger partial charge in [0.15, 0.2) is 11.9 Å². The van der Waals surface area contributed by atoms with Crippen molar-refractivity contribution in [1.29, 1.82) is 5.26 Å². The number of hydrogen-bond donors (Lipinski definition) is 2. The molecule has 2 aromatic heterocycles. The van der Waals surface area contributed by atoms with Gasteiger partial charge in [0.2, 0.25) is 11.7 Å². The number of aliphatic hydroxyl groups excluding tert-OH is 1. The lowest BCUT2D eigenvalue weighted by molar-refractivity contribution is -0.126. The molecule has 1 saturated heterocycles. The van der Waals surface area contributed by atoms with Crippen molar-refractivity contribution in [3.8, 4) is 6.07 Å². The number of aromatic nitrogens is 3. The predicted molar refractivity (Wildman–Crippen MR) is 127 cm³/mol. The van der Waals surface area contributed by atoms with Crippen LogP contribution in [0.3, 0.4) is 0 Å². The van der Waals surface area contributed by atoms with Crippen molar-refractivity contribution in [3.63, 3.8) is 0 Å². The van der Waals surface area contributed by atoms with Gasteiger partial charge < -0.3 is 19.9 Å². The average molecular weight is 519 g/mol. The molecule has 1 amide bonds. The highest BCUT2D eigenvalue weighted by atomic mass is 19.3. The summed E-state index contributed by atoms with van der Waals surface area (Å²) in [5, 5.41) is 26.5. The first-order valence-electron chi connectivity index (χ1n) is 11.3. The first-order valence-corrected chi connectivity index (χ1v) is 11.3. The van der Waals surface area contributed by atoms with Crippen molar-refractivity contribution in [1.82, 2.24) is 14.6 Å². The lowest BCUT2D eigenvalue weighted by Crippen LogP contribution is -2.48. The number of ether oxygens (including phenoxy) is 2. The molecule has 192 valence electrons. The minimum atomic E-state index is -3.95. The zero-order chi connectivity index (χ0) is 26.9. The summed E-state index contributed by atoms with van der Waals surface area (Å²) < 4.78 is 42.6. The van der Waals surface area contributed by atoms with E-state index < -0.39 is 42.2 Å². The molecule has 1 aliphatic heterocycles. The Kier molecular flexibility index (Phi) is 6.31. The van der Waals surface area contributed by atoms with E-state index in [4.69, 9.17) is 9.47 Å². The topological polar surface area (TPSA) is 139 Å². The Balaban J connectivity index is 1.57. The predicted octanol–water partition coefficient (Wildman–Crippen LogP) is 2.95. The first kappa shape index (κ1) is 24.9. The van der Waals surface area contributed by atoms with Gasteiger partial charge in [0.05, 0.1) is 17.9 Å². The summed E-state index contributed by atoms with van der Waals surface area (Å²) in [4.78, 5) is 29.5. The molecule has 2 aromatic carbocycles. The fourth-order valence-electron chi connectivity index (χ4n) is 4.29. The number of halogens is 2. The van der Waals surface area contributed by atoms with Crippen LogP contribution < -0.4 is 5.32 Å². The summed E-state index contributed by atoms with van der Waals surface area (Å²) in [7, 11) is 0. The molecular weight excluding hydrogens is 500 g/mol. The maximum atomic E-state index is 15.5. The maximum Gasteiger partial charge on any atom is 0.338 e. The highest BCUT2D eigenvalue weighted by molar-refractivity contribution is 6.05. The fourth-order valence-corrected chi connectivity index (χ4v) is 4.29. The number of fused-ring (bicyclic) bond motifs is 1. The summed E-state index contributed by atoms with van der Waals surface area (Å²) in [6, 6.07) is 20.1. The molecule has 3 heterocycles. The Morgan fingerprint density at radius 2 is 1.74 bits per heavy atom. The molecule has 4 aromatic rings. The third kappa shape index (κ3) is 4.03. The molecule has 38 heavy (non-hydrogen) atoms. The van der Waals surface area contributed by atoms with Crippen LogP contribution in [0.25, 0.3) is 5.52 Å². The third-order valence-corrected chi connectivity index (χ3v) is 6.14. The second-order valence-electron chi connectivity index (χ2n) is 8.41. The van der Waals surface area contributed by atoms with Gasteiger partial charge in [-0.05, 0) is 36.4 Å². The van der Waals surface area contributed by atoms with Crippen LogP contribution >= 0.6 is 0 Å². The van der Waals surface area contributed by atoms with E-state index in [1.165, 1.54) is 36.4 Å². The van der Waals surface area contributed by atoms with Gasteiger partial charge in [-0.25, -0.2) is 14.3 Å². The molecule has 0 saturated carbocycles. The Morgan fingerprint density at radius 3 is 2.37 bits per heavy atom. The molecule has 0 aliphatic carbocycles. The molecule has 10 nitrogen and oxygen atoms in total. The minimum absolute atomic E-state index is 0.0177. The smallest absolute Gasteiger partial charge is 0.338 e. The quantitative estimate of drug-likeness (QED) is 0.371. The van der Waals surface area contributed by atoms with Gasteiger partial charge in [0, 0.05) is 5.56 Å². The van der Waals surface area contributed by atoms with Gasteiger partial charge in [-0.1, -0.05) is 36.4 Å². The summed E-state index contributed by atoms with van der Waals surface area (Å²) in [6.45, 7) is -1.15. The Hall–Kier alpha value is -4.73. The van der Waals surface area contributed by atoms with Crippen LogP contribution in [0.5, 0.6) is 0 Å². The van der Waals surface area contributed by atoms with Crippen molar-refractivity contribution < 1.29 is 33.0 Å². The lowest BCUT2D eigenvalue weighted by atomic mass is 9.91. The van der Waals surface area contributed by atoms with Crippen molar-refractivity contribution in [2.75, 3.05) is 11.9 Å². The number of rotatable bonds is 6. The van der Waals surface area contributed by atoms with Crippen molar-refractivity contribution >= 4 is 23.2 Å². The molecular formula is C26H19F2N5O5. The second kappa shape index (κ2) is 9.62. The SMILES string of the molecule is N#C[C@@]1(c2ccc3c(NC(=O)c4ccccc4)ncnn23)O[C@H](CO)C(F)(F)[C@@H]1OC(=O)c1ccccc1. The Labute approximate surface area is 214 Å². The zero-order valence-electron chi connectivity index (χ0n) is 19.5. The van der Waals surface area contributed by atoms with Crippen LogP contribution in [0, 0.1) is 11.3 Å². The lowest BCUT2D eigenvalue weighted by Gasteiger charge is -2.28. The molecule has 0 unspecified atom stereocenters. The Bertz CT molecular complexity index is 1540. The molecule has 0 spiro atoms. The largest absolute Gasteiger partial charge is 0.447 e. The van der Waals surface area contributed by atoms with E-state index in [2.05, 4.69) is 15.4 Å². The number of nitriles is 1. The van der Waals surface area contributed by atoms with Gasteiger partial charge in [-0.2, -0.15) is 19.1 Å². The second-order valence-corrected chi connectivity index (χ2v) is 8.41. The van der Waals surface area contributed by atoms with Gasteiger partial charge in [-0.3, -0.25) is 4.79 Å². The average Bonchev–Trinajstić information content (AvgIpc) is 3.47. The van der Waals surface area contributed by atoms with Crippen molar-refractivity contribution in [2.45, 2.75) is 23.7 Å². The number of nitrogens with zero attached hydrogens (tertiary/aromatic N) is 4. The molecule has 3 atom stereocenters. The van der Waals surface area contributed by atoms with Crippen LogP contribution in [-0.2, 0) is 15.1 Å². The summed E-state index contributed by atoms with van der Waals surface area (Å²) in [5.41, 5.74) is -2.29. The van der Waals surface area contributed by atoms with E-state index in [1.807, 2.05) is 0 Å². The molecule has 0 bridgehead atoms. The number of alkyl halides is 2. The number of carbonyl (C=O) groups is 2. The van der Waals surface area contributed by atoms with Crippen LogP contribution in [0.1, 0.15) is 26.4 Å². The molecule has 5 rings (SSSR count). The molecule has 2 N–H and O–H groups in total. The van der Waals surface area contributed by atoms with Gasteiger partial charge >= 0.3 is 11.9 Å². The van der Waals surface area contributed by atoms with E-state index in [9.17, 15) is 20.0 Å². The highest BCUT2D eigenvalue weighted by Gasteiger charge is 2.70. The minimum Gasteiger partial charge on any atom is -0.447 e. The number of benzene rings is 2. The highest BCUT2D eigenvalue weighted by Crippen LogP contribution is 2.50. The summed E-state index contributed by atoms with van der Waals surface area (Å²) >= 11 is 0. The van der Waals surface area contributed by atoms with Crippen molar-refractivity contribution in [3.05, 3.63) is 95.9 Å². The third-order valence-electron chi connectivity index (χ3n) is 6.14. The standard InChI is InChI=1S/C26H19F2N5O5/c27-26(28)20(13-34)38-25(14-29,24(26)37-23(36)17-9-5-2-6-10-17)19-12-11-18-21(30-15-31-33(18)19)32-22(35)16-7-3-1-4-8-16/h1-12,15,20,24,34H,13H2,(H,30,31,32,35)/t20-,24-,25+/m1/s1.